The summed E-state index contributed by atoms with van der Waals surface area (Å²) in [6.07, 6.45) is 3.80. The van der Waals surface area contributed by atoms with Gasteiger partial charge in [-0.25, -0.2) is 19.2 Å². The number of hydrogen-bond acceptors (Lipinski definition) is 18. The molecule has 4 amide bonds. The van der Waals surface area contributed by atoms with Gasteiger partial charge < -0.3 is 73.0 Å². The predicted octanol–water partition coefficient (Wildman–Crippen LogP) is 13.0. The van der Waals surface area contributed by atoms with Crippen LogP contribution in [0, 0.1) is 5.92 Å². The molecule has 0 saturated heterocycles. The van der Waals surface area contributed by atoms with Gasteiger partial charge in [0.2, 0.25) is 17.7 Å². The van der Waals surface area contributed by atoms with Gasteiger partial charge in [-0.15, -0.1) is 0 Å². The summed E-state index contributed by atoms with van der Waals surface area (Å²) in [4.78, 5) is 102. The summed E-state index contributed by atoms with van der Waals surface area (Å²) in [5, 5.41) is 13.6. The van der Waals surface area contributed by atoms with Crippen LogP contribution in [-0.4, -0.2) is 84.2 Å². The van der Waals surface area contributed by atoms with Gasteiger partial charge in [-0.05, 0) is 132 Å². The second kappa shape index (κ2) is 30.5. The van der Waals surface area contributed by atoms with Gasteiger partial charge in [-0.2, -0.15) is 0 Å². The number of hydrogen-bond donors (Lipinski definition) is 4. The van der Waals surface area contributed by atoms with Gasteiger partial charge in [0.1, 0.15) is 45.4 Å². The number of carbonyl (C=O) groups is 5. The molecule has 0 atom stereocenters. The average molecular weight is 1250 g/mol. The SMILES string of the molecule is COc1ccc(N(C)c2cc(=O)oc3ccccc23)cc1NC(=O)C1CCCC1.COc1ccc(N(C)c2cc(=O)oc3ccccc23)cc1NC(=O)CCC(C)=O.COc1ccc(N(C)c2cc(=O)oc3ccccc23)cc1NC(=O)CCNC(=O)OC(C)(C)C. The third kappa shape index (κ3) is 17.5. The Morgan fingerprint density at radius 3 is 1.21 bits per heavy atom. The second-order valence-electron chi connectivity index (χ2n) is 22.6. The Balaban J connectivity index is 0.000000178. The van der Waals surface area contributed by atoms with Gasteiger partial charge in [-0.1, -0.05) is 49.2 Å². The van der Waals surface area contributed by atoms with Crippen LogP contribution >= 0.6 is 0 Å². The standard InChI is InChI=1S/C25H29N3O6.C23H24N2O4.C22H22N2O5/c1-25(2,3)34-24(31)26-13-12-22(29)27-18-14-16(10-11-21(18)32-5)28(4)19-15-23(30)33-20-9-7-6-8-17(19)20;1-25(19-14-22(26)29-20-10-6-5-9-17(19)20)16-11-12-21(28-2)18(13-16)24-23(27)15-7-3-4-8-15;1-14(25)8-11-21(26)23-17-12-15(9-10-20(17)28-3)24(2)18-13-22(27)29-19-7-5-4-6-16(18)19/h6-11,14-15H,12-13H2,1-5H3,(H,26,31)(H,27,29);5-6,9-15H,3-4,7-8H2,1-2H3,(H,24,27);4-7,9-10,12-13H,8,11H2,1-3H3,(H,23,26). The molecular weight excluding hydrogens is 1180 g/mol. The Kier molecular flexibility index (Phi) is 22.3. The van der Waals surface area contributed by atoms with Crippen molar-refractivity contribution in [3.8, 4) is 17.2 Å². The number of benzene rings is 6. The van der Waals surface area contributed by atoms with E-state index in [1.165, 1.54) is 39.3 Å². The number of Topliss-reactive ketones (excluding diaryl/α,β-unsaturated/α-hetero) is 1. The predicted molar refractivity (Wildman–Crippen MR) is 357 cm³/mol. The zero-order valence-corrected chi connectivity index (χ0v) is 53.1. The van der Waals surface area contributed by atoms with E-state index >= 15 is 0 Å². The molecule has 22 nitrogen and oxygen atoms in total. The molecular formula is C70H75N7O15. The van der Waals surface area contributed by atoms with Gasteiger partial charge in [0.05, 0.1) is 55.5 Å². The highest BCUT2D eigenvalue weighted by Gasteiger charge is 2.25. The van der Waals surface area contributed by atoms with Crippen molar-refractivity contribution in [3.05, 3.63) is 177 Å². The number of ether oxygens (including phenoxy) is 4. The van der Waals surface area contributed by atoms with Crippen LogP contribution in [0.4, 0.5) is 56.0 Å². The number of rotatable bonds is 19. The van der Waals surface area contributed by atoms with E-state index in [-0.39, 0.29) is 55.2 Å². The number of amides is 4. The van der Waals surface area contributed by atoms with E-state index in [9.17, 15) is 38.4 Å². The normalized spacial score (nSPS) is 11.9. The molecule has 10 rings (SSSR count). The largest absolute Gasteiger partial charge is 0.495 e. The number of methoxy groups -OCH3 is 3. The molecule has 92 heavy (non-hydrogen) atoms. The number of para-hydroxylation sites is 3. The lowest BCUT2D eigenvalue weighted by molar-refractivity contribution is -0.121. The number of fused-ring (bicyclic) bond motifs is 3. The summed E-state index contributed by atoms with van der Waals surface area (Å²) in [5.41, 5.74) is 5.50. The maximum Gasteiger partial charge on any atom is 0.407 e. The van der Waals surface area contributed by atoms with E-state index in [0.717, 1.165) is 64.6 Å². The molecule has 1 fully saturated rings. The highest BCUT2D eigenvalue weighted by atomic mass is 16.6. The third-order valence-electron chi connectivity index (χ3n) is 14.9. The molecule has 0 unspecified atom stereocenters. The first-order valence-corrected chi connectivity index (χ1v) is 29.7. The fourth-order valence-corrected chi connectivity index (χ4v) is 10.3. The number of nitrogens with zero attached hydrogens (tertiary/aromatic N) is 3. The van der Waals surface area contributed by atoms with E-state index < -0.39 is 28.6 Å². The zero-order chi connectivity index (χ0) is 66.2. The van der Waals surface area contributed by atoms with Crippen molar-refractivity contribution in [3.63, 3.8) is 0 Å². The first kappa shape index (κ1) is 67.0. The maximum absolute atomic E-state index is 12.6. The molecule has 22 heteroatoms. The van der Waals surface area contributed by atoms with Gasteiger partial charge in [0, 0.05) is 104 Å². The first-order valence-electron chi connectivity index (χ1n) is 29.7. The van der Waals surface area contributed by atoms with Crippen LogP contribution in [0.5, 0.6) is 17.2 Å². The lowest BCUT2D eigenvalue weighted by Gasteiger charge is -2.22. The van der Waals surface area contributed by atoms with Crippen LogP contribution in [0.3, 0.4) is 0 Å². The Bertz CT molecular complexity index is 4340. The van der Waals surface area contributed by atoms with Crippen molar-refractivity contribution < 1.29 is 56.2 Å². The number of ketones is 1. The van der Waals surface area contributed by atoms with Crippen molar-refractivity contribution in [1.82, 2.24) is 5.32 Å². The van der Waals surface area contributed by atoms with E-state index in [1.807, 2.05) is 109 Å². The maximum atomic E-state index is 12.6. The lowest BCUT2D eigenvalue weighted by atomic mass is 10.1. The van der Waals surface area contributed by atoms with Gasteiger partial charge in [0.15, 0.2) is 0 Å². The van der Waals surface area contributed by atoms with Crippen molar-refractivity contribution in [1.29, 1.82) is 0 Å². The fraction of sp³-hybridized carbons (Fsp3) is 0.286. The molecule has 3 heterocycles. The molecule has 0 spiro atoms. The van der Waals surface area contributed by atoms with Crippen LogP contribution in [0.15, 0.2) is 173 Å². The highest BCUT2D eigenvalue weighted by molar-refractivity contribution is 5.99. The molecule has 4 N–H and O–H groups in total. The molecule has 1 aliphatic rings. The molecule has 0 aliphatic heterocycles. The van der Waals surface area contributed by atoms with Gasteiger partial charge in [0.25, 0.3) is 0 Å². The van der Waals surface area contributed by atoms with E-state index in [0.29, 0.717) is 62.4 Å². The fourth-order valence-electron chi connectivity index (χ4n) is 10.3. The Morgan fingerprint density at radius 1 is 0.489 bits per heavy atom. The summed E-state index contributed by atoms with van der Waals surface area (Å²) < 4.78 is 37.2. The minimum atomic E-state index is -0.614. The smallest absolute Gasteiger partial charge is 0.407 e. The molecule has 9 aromatic rings. The summed E-state index contributed by atoms with van der Waals surface area (Å²) in [5.74, 6) is 1.04. The number of alkyl carbamates (subject to hydrolysis) is 1. The first-order chi connectivity index (χ1) is 44.0. The van der Waals surface area contributed by atoms with Crippen molar-refractivity contribution >= 4 is 114 Å². The number of carbonyl (C=O) groups excluding carboxylic acids is 5. The summed E-state index contributed by atoms with van der Waals surface area (Å²) in [6.45, 7) is 6.86. The Labute approximate surface area is 531 Å². The topological polar surface area (TPSA) is 271 Å². The molecule has 1 saturated carbocycles. The summed E-state index contributed by atoms with van der Waals surface area (Å²) in [6, 6.07) is 42.5. The highest BCUT2D eigenvalue weighted by Crippen LogP contribution is 2.39. The average Bonchev–Trinajstić information content (AvgIpc) is 0.900. The molecule has 3 aromatic heterocycles. The lowest BCUT2D eigenvalue weighted by Crippen LogP contribution is -2.34. The molecule has 6 aromatic carbocycles. The molecule has 1 aliphatic carbocycles. The van der Waals surface area contributed by atoms with Crippen molar-refractivity contribution in [2.75, 3.05) is 79.7 Å². The minimum absolute atomic E-state index is 0.0337. The molecule has 0 bridgehead atoms. The van der Waals surface area contributed by atoms with Crippen molar-refractivity contribution in [2.24, 2.45) is 5.92 Å². The van der Waals surface area contributed by atoms with Gasteiger partial charge in [-0.3, -0.25) is 14.4 Å². The monoisotopic (exact) mass is 1250 g/mol. The van der Waals surface area contributed by atoms with Crippen LogP contribution in [0.1, 0.15) is 72.6 Å². The minimum Gasteiger partial charge on any atom is -0.495 e. The number of anilines is 9. The third-order valence-corrected chi connectivity index (χ3v) is 14.9. The van der Waals surface area contributed by atoms with E-state index in [4.69, 9.17) is 32.2 Å². The van der Waals surface area contributed by atoms with Crippen LogP contribution in [-0.2, 0) is 23.9 Å². The molecule has 0 radical (unpaired) electrons. The quantitative estimate of drug-likeness (QED) is 0.0548. The van der Waals surface area contributed by atoms with Crippen LogP contribution in [0.25, 0.3) is 32.9 Å². The Morgan fingerprint density at radius 2 is 0.848 bits per heavy atom. The van der Waals surface area contributed by atoms with E-state index in [1.54, 1.807) is 82.5 Å². The number of nitrogens with one attached hydrogen (secondary N) is 4. The summed E-state index contributed by atoms with van der Waals surface area (Å²) >= 11 is 0. The van der Waals surface area contributed by atoms with Crippen molar-refractivity contribution in [2.45, 2.75) is 78.2 Å². The Hall–Kier alpha value is -10.9. The second-order valence-corrected chi connectivity index (χ2v) is 22.6. The van der Waals surface area contributed by atoms with Crippen LogP contribution < -0.4 is 67.1 Å². The zero-order valence-electron chi connectivity index (χ0n) is 53.1. The summed E-state index contributed by atoms with van der Waals surface area (Å²) in [7, 11) is 10.1. The van der Waals surface area contributed by atoms with E-state index in [2.05, 4.69) is 21.3 Å². The van der Waals surface area contributed by atoms with Gasteiger partial charge >= 0.3 is 23.0 Å². The molecule has 480 valence electrons. The van der Waals surface area contributed by atoms with Crippen LogP contribution in [0.2, 0.25) is 0 Å².